The van der Waals surface area contributed by atoms with Crippen molar-refractivity contribution in [2.45, 2.75) is 18.9 Å². The number of nitro groups is 1. The second kappa shape index (κ2) is 5.66. The molecule has 0 saturated carbocycles. The van der Waals surface area contributed by atoms with Gasteiger partial charge in [0.1, 0.15) is 6.33 Å². The maximum Gasteiger partial charge on any atom is 0.348 e. The molecule has 1 atom stereocenters. The van der Waals surface area contributed by atoms with Gasteiger partial charge in [0.25, 0.3) is 0 Å². The third kappa shape index (κ3) is 2.93. The van der Waals surface area contributed by atoms with Crippen LogP contribution in [0.15, 0.2) is 6.33 Å². The first-order chi connectivity index (χ1) is 9.00. The van der Waals surface area contributed by atoms with Crippen LogP contribution >= 0.6 is 11.6 Å². The van der Waals surface area contributed by atoms with Gasteiger partial charge in [-0.05, 0) is 26.9 Å². The third-order valence-corrected chi connectivity index (χ3v) is 3.44. The molecule has 2 heterocycles. The molecule has 0 aromatic carbocycles. The molecular formula is C11H16ClN5O2. The van der Waals surface area contributed by atoms with Crippen LogP contribution in [0.4, 0.5) is 11.5 Å². The van der Waals surface area contributed by atoms with Crippen molar-refractivity contribution in [3.05, 3.63) is 21.6 Å². The van der Waals surface area contributed by atoms with Crippen molar-refractivity contribution in [1.82, 2.24) is 14.9 Å². The molecule has 1 saturated heterocycles. The van der Waals surface area contributed by atoms with E-state index in [9.17, 15) is 10.1 Å². The highest BCUT2D eigenvalue weighted by Crippen LogP contribution is 2.35. The minimum Gasteiger partial charge on any atom is -0.346 e. The topological polar surface area (TPSA) is 75.4 Å². The van der Waals surface area contributed by atoms with Crippen molar-refractivity contribution >= 4 is 23.1 Å². The SMILES string of the molecule is CN(C)CC1CCCN1c1ncnc(Cl)c1[N+](=O)[O-]. The Bertz CT molecular complexity index is 482. The fraction of sp³-hybridized carbons (Fsp3) is 0.636. The summed E-state index contributed by atoms with van der Waals surface area (Å²) < 4.78 is 0. The third-order valence-electron chi connectivity index (χ3n) is 3.17. The van der Waals surface area contributed by atoms with Crippen LogP contribution in [0.5, 0.6) is 0 Å². The minimum absolute atomic E-state index is 0.106. The Morgan fingerprint density at radius 1 is 1.58 bits per heavy atom. The monoisotopic (exact) mass is 285 g/mol. The molecule has 0 radical (unpaired) electrons. The average Bonchev–Trinajstić information content (AvgIpc) is 2.75. The number of rotatable bonds is 4. The van der Waals surface area contributed by atoms with E-state index in [1.54, 1.807) is 0 Å². The fourth-order valence-electron chi connectivity index (χ4n) is 2.44. The second-order valence-electron chi connectivity index (χ2n) is 4.85. The molecule has 104 valence electrons. The summed E-state index contributed by atoms with van der Waals surface area (Å²) in [6.07, 6.45) is 3.27. The molecule has 0 bridgehead atoms. The first kappa shape index (κ1) is 14.0. The van der Waals surface area contributed by atoms with Crippen LogP contribution < -0.4 is 4.90 Å². The van der Waals surface area contributed by atoms with Gasteiger partial charge in [0.05, 0.1) is 4.92 Å². The average molecular weight is 286 g/mol. The van der Waals surface area contributed by atoms with E-state index in [2.05, 4.69) is 14.9 Å². The van der Waals surface area contributed by atoms with Crippen LogP contribution in [0.3, 0.4) is 0 Å². The summed E-state index contributed by atoms with van der Waals surface area (Å²) in [5, 5.41) is 11.0. The highest BCUT2D eigenvalue weighted by Gasteiger charge is 2.33. The molecule has 1 aliphatic heterocycles. The van der Waals surface area contributed by atoms with Crippen LogP contribution in [0.1, 0.15) is 12.8 Å². The quantitative estimate of drug-likeness (QED) is 0.475. The molecule has 0 amide bonds. The van der Waals surface area contributed by atoms with Crippen LogP contribution in [-0.4, -0.2) is 53.0 Å². The van der Waals surface area contributed by atoms with Gasteiger partial charge in [0.2, 0.25) is 11.0 Å². The Labute approximate surface area is 116 Å². The van der Waals surface area contributed by atoms with Crippen molar-refractivity contribution in [2.24, 2.45) is 0 Å². The lowest BCUT2D eigenvalue weighted by Crippen LogP contribution is -2.38. The Morgan fingerprint density at radius 2 is 2.32 bits per heavy atom. The van der Waals surface area contributed by atoms with Gasteiger partial charge in [-0.1, -0.05) is 11.6 Å². The van der Waals surface area contributed by atoms with E-state index in [-0.39, 0.29) is 16.9 Å². The zero-order valence-electron chi connectivity index (χ0n) is 10.9. The van der Waals surface area contributed by atoms with Crippen LogP contribution in [0, 0.1) is 10.1 Å². The number of hydrogen-bond donors (Lipinski definition) is 0. The van der Waals surface area contributed by atoms with Crippen molar-refractivity contribution in [3.63, 3.8) is 0 Å². The van der Waals surface area contributed by atoms with E-state index >= 15 is 0 Å². The van der Waals surface area contributed by atoms with Crippen molar-refractivity contribution in [1.29, 1.82) is 0 Å². The maximum atomic E-state index is 11.1. The molecule has 1 fully saturated rings. The number of anilines is 1. The lowest BCUT2D eigenvalue weighted by Gasteiger charge is -2.27. The highest BCUT2D eigenvalue weighted by atomic mass is 35.5. The smallest absolute Gasteiger partial charge is 0.346 e. The maximum absolute atomic E-state index is 11.1. The molecule has 1 aromatic heterocycles. The summed E-state index contributed by atoms with van der Waals surface area (Å²) in [5.41, 5.74) is -0.199. The summed E-state index contributed by atoms with van der Waals surface area (Å²) in [6, 6.07) is 0.222. The second-order valence-corrected chi connectivity index (χ2v) is 5.20. The van der Waals surface area contributed by atoms with Gasteiger partial charge in [-0.3, -0.25) is 10.1 Å². The van der Waals surface area contributed by atoms with Gasteiger partial charge in [0, 0.05) is 19.1 Å². The Balaban J connectivity index is 2.35. The van der Waals surface area contributed by atoms with Gasteiger partial charge >= 0.3 is 5.69 Å². The van der Waals surface area contributed by atoms with Gasteiger partial charge in [-0.15, -0.1) is 0 Å². The van der Waals surface area contributed by atoms with Crippen LogP contribution in [0.2, 0.25) is 5.15 Å². The number of aromatic nitrogens is 2. The largest absolute Gasteiger partial charge is 0.348 e. The first-order valence-electron chi connectivity index (χ1n) is 6.07. The highest BCUT2D eigenvalue weighted by molar-refractivity contribution is 6.31. The molecule has 19 heavy (non-hydrogen) atoms. The Hall–Kier alpha value is -1.47. The lowest BCUT2D eigenvalue weighted by atomic mass is 10.2. The summed E-state index contributed by atoms with van der Waals surface area (Å²) in [7, 11) is 3.97. The van der Waals surface area contributed by atoms with E-state index < -0.39 is 4.92 Å². The number of hydrogen-bond acceptors (Lipinski definition) is 6. The first-order valence-corrected chi connectivity index (χ1v) is 6.44. The van der Waals surface area contributed by atoms with Gasteiger partial charge < -0.3 is 9.80 Å². The standard InChI is InChI=1S/C11H16ClN5O2/c1-15(2)6-8-4-3-5-16(8)11-9(17(18)19)10(12)13-7-14-11/h7-8H,3-6H2,1-2H3. The Morgan fingerprint density at radius 3 is 2.95 bits per heavy atom. The van der Waals surface area contributed by atoms with Crippen molar-refractivity contribution in [3.8, 4) is 0 Å². The predicted octanol–water partition coefficient (Wildman–Crippen LogP) is 1.57. The van der Waals surface area contributed by atoms with E-state index in [1.165, 1.54) is 6.33 Å². The number of nitrogens with zero attached hydrogens (tertiary/aromatic N) is 5. The fourth-order valence-corrected chi connectivity index (χ4v) is 2.64. The van der Waals surface area contributed by atoms with Gasteiger partial charge in [-0.25, -0.2) is 9.97 Å². The molecule has 7 nitrogen and oxygen atoms in total. The predicted molar refractivity (Wildman–Crippen MR) is 72.6 cm³/mol. The summed E-state index contributed by atoms with van der Waals surface area (Å²) in [6.45, 7) is 1.59. The zero-order valence-corrected chi connectivity index (χ0v) is 11.7. The van der Waals surface area contributed by atoms with E-state index in [4.69, 9.17) is 11.6 Å². The Kier molecular flexibility index (Phi) is 4.16. The van der Waals surface area contributed by atoms with E-state index in [0.29, 0.717) is 5.82 Å². The number of halogens is 1. The van der Waals surface area contributed by atoms with Crippen LogP contribution in [-0.2, 0) is 0 Å². The normalized spacial score (nSPS) is 19.2. The molecular weight excluding hydrogens is 270 g/mol. The lowest BCUT2D eigenvalue weighted by molar-refractivity contribution is -0.384. The van der Waals surface area contributed by atoms with Gasteiger partial charge in [-0.2, -0.15) is 0 Å². The van der Waals surface area contributed by atoms with Crippen LogP contribution in [0.25, 0.3) is 0 Å². The molecule has 1 aromatic rings. The van der Waals surface area contributed by atoms with Gasteiger partial charge in [0.15, 0.2) is 0 Å². The van der Waals surface area contributed by atoms with Crippen molar-refractivity contribution < 1.29 is 4.92 Å². The molecule has 8 heteroatoms. The van der Waals surface area contributed by atoms with E-state index in [0.717, 1.165) is 25.9 Å². The summed E-state index contributed by atoms with van der Waals surface area (Å²) >= 11 is 5.83. The molecule has 1 unspecified atom stereocenters. The molecule has 2 rings (SSSR count). The molecule has 0 N–H and O–H groups in total. The van der Waals surface area contributed by atoms with E-state index in [1.807, 2.05) is 19.0 Å². The minimum atomic E-state index is -0.511. The number of likely N-dealkylation sites (N-methyl/N-ethyl adjacent to an activating group) is 1. The molecule has 0 spiro atoms. The molecule has 0 aliphatic carbocycles. The zero-order chi connectivity index (χ0) is 14.0. The molecule has 1 aliphatic rings. The summed E-state index contributed by atoms with van der Waals surface area (Å²) in [4.78, 5) is 22.4. The van der Waals surface area contributed by atoms with Crippen molar-refractivity contribution in [2.75, 3.05) is 32.1 Å². The summed E-state index contributed by atoms with van der Waals surface area (Å²) in [5.74, 6) is 0.328.